The number of carbonyl (C=O) groups excluding carboxylic acids is 1. The Bertz CT molecular complexity index is 1320. The van der Waals surface area contributed by atoms with Crippen LogP contribution in [0.2, 0.25) is 0 Å². The number of hydrogen-bond acceptors (Lipinski definition) is 5. The number of benzene rings is 2. The van der Waals surface area contributed by atoms with Crippen LogP contribution in [0.5, 0.6) is 0 Å². The van der Waals surface area contributed by atoms with Crippen LogP contribution in [0.1, 0.15) is 13.3 Å². The summed E-state index contributed by atoms with van der Waals surface area (Å²) in [7, 11) is 0. The summed E-state index contributed by atoms with van der Waals surface area (Å²) < 4.78 is 33.9. The lowest BCUT2D eigenvalue weighted by molar-refractivity contribution is -0.113. The molecule has 0 bridgehead atoms. The highest BCUT2D eigenvalue weighted by Gasteiger charge is 2.18. The molecular formula is C21H17F2N3O3S. The number of thioether (sulfide) groups is 1. The molecule has 2 heterocycles. The summed E-state index contributed by atoms with van der Waals surface area (Å²) in [4.78, 5) is 29.8. The van der Waals surface area contributed by atoms with E-state index < -0.39 is 17.5 Å². The molecule has 0 unspecified atom stereocenters. The molecule has 0 radical (unpaired) electrons. The van der Waals surface area contributed by atoms with Gasteiger partial charge in [0.25, 0.3) is 5.56 Å². The third-order valence-corrected chi connectivity index (χ3v) is 5.41. The number of hydrogen-bond donors (Lipinski definition) is 1. The highest BCUT2D eigenvalue weighted by atomic mass is 32.2. The number of para-hydroxylation sites is 1. The largest absolute Gasteiger partial charge is 0.448 e. The maximum Gasteiger partial charge on any atom is 0.297 e. The van der Waals surface area contributed by atoms with E-state index in [1.54, 1.807) is 6.07 Å². The van der Waals surface area contributed by atoms with Gasteiger partial charge in [-0.1, -0.05) is 30.8 Å². The van der Waals surface area contributed by atoms with Crippen molar-refractivity contribution in [3.63, 3.8) is 0 Å². The maximum atomic E-state index is 13.7. The summed E-state index contributed by atoms with van der Waals surface area (Å²) in [5, 5.41) is 3.49. The minimum atomic E-state index is -0.861. The average molecular weight is 429 g/mol. The molecule has 2 aromatic carbocycles. The predicted molar refractivity (Wildman–Crippen MR) is 112 cm³/mol. The fourth-order valence-corrected chi connectivity index (χ4v) is 3.91. The average Bonchev–Trinajstić information content (AvgIpc) is 3.10. The molecule has 0 fully saturated rings. The second-order valence-corrected chi connectivity index (χ2v) is 7.53. The van der Waals surface area contributed by atoms with Gasteiger partial charge >= 0.3 is 0 Å². The molecule has 0 saturated heterocycles. The van der Waals surface area contributed by atoms with Gasteiger partial charge in [0.15, 0.2) is 5.16 Å². The number of halogens is 2. The van der Waals surface area contributed by atoms with Crippen molar-refractivity contribution >= 4 is 45.4 Å². The van der Waals surface area contributed by atoms with E-state index >= 15 is 0 Å². The van der Waals surface area contributed by atoms with Gasteiger partial charge in [0.2, 0.25) is 11.5 Å². The first-order valence-corrected chi connectivity index (χ1v) is 10.3. The van der Waals surface area contributed by atoms with Crippen molar-refractivity contribution in [2.24, 2.45) is 0 Å². The van der Waals surface area contributed by atoms with Crippen LogP contribution in [-0.2, 0) is 11.3 Å². The molecule has 9 heteroatoms. The molecule has 154 valence electrons. The molecule has 1 amide bonds. The van der Waals surface area contributed by atoms with E-state index in [0.717, 1.165) is 23.9 Å². The molecule has 2 aromatic heterocycles. The number of nitrogens with zero attached hydrogens (tertiary/aromatic N) is 2. The molecule has 0 atom stereocenters. The van der Waals surface area contributed by atoms with Crippen molar-refractivity contribution in [2.45, 2.75) is 25.0 Å². The Morgan fingerprint density at radius 2 is 2.03 bits per heavy atom. The van der Waals surface area contributed by atoms with E-state index in [9.17, 15) is 18.4 Å². The Kier molecular flexibility index (Phi) is 5.54. The minimum absolute atomic E-state index is 0.103. The van der Waals surface area contributed by atoms with Crippen LogP contribution in [0.25, 0.3) is 22.1 Å². The Labute approximate surface area is 173 Å². The standard InChI is InChI=1S/C21H17F2N3O3S/c1-2-9-26-20(28)19-18(13-5-3-4-6-16(13)29-19)25-21(26)30-11-17(27)24-15-8-7-12(22)10-14(15)23/h3-8,10H,2,9,11H2,1H3,(H,24,27). The number of carbonyl (C=O) groups is 1. The normalized spacial score (nSPS) is 11.3. The van der Waals surface area contributed by atoms with Gasteiger partial charge in [0.1, 0.15) is 22.7 Å². The number of amides is 1. The molecular weight excluding hydrogens is 412 g/mol. The zero-order valence-electron chi connectivity index (χ0n) is 15.9. The second-order valence-electron chi connectivity index (χ2n) is 6.59. The van der Waals surface area contributed by atoms with E-state index in [1.807, 2.05) is 25.1 Å². The van der Waals surface area contributed by atoms with Crippen molar-refractivity contribution in [1.82, 2.24) is 9.55 Å². The topological polar surface area (TPSA) is 77.1 Å². The number of furan rings is 1. The predicted octanol–water partition coefficient (Wildman–Crippen LogP) is 4.56. The number of aromatic nitrogens is 2. The molecule has 1 N–H and O–H groups in total. The Morgan fingerprint density at radius 3 is 2.80 bits per heavy atom. The molecule has 0 aliphatic rings. The molecule has 0 aliphatic carbocycles. The minimum Gasteiger partial charge on any atom is -0.448 e. The fourth-order valence-electron chi connectivity index (χ4n) is 3.09. The van der Waals surface area contributed by atoms with Gasteiger partial charge in [-0.3, -0.25) is 14.2 Å². The monoisotopic (exact) mass is 429 g/mol. The Morgan fingerprint density at radius 1 is 1.23 bits per heavy atom. The van der Waals surface area contributed by atoms with Gasteiger partial charge in [0.05, 0.1) is 11.4 Å². The van der Waals surface area contributed by atoms with Crippen molar-refractivity contribution in [2.75, 3.05) is 11.1 Å². The van der Waals surface area contributed by atoms with Crippen molar-refractivity contribution in [1.29, 1.82) is 0 Å². The van der Waals surface area contributed by atoms with E-state index in [2.05, 4.69) is 10.3 Å². The van der Waals surface area contributed by atoms with E-state index in [-0.39, 0.29) is 22.6 Å². The van der Waals surface area contributed by atoms with Crippen LogP contribution in [-0.4, -0.2) is 21.2 Å². The van der Waals surface area contributed by atoms with Crippen LogP contribution in [0.15, 0.2) is 56.8 Å². The zero-order valence-corrected chi connectivity index (χ0v) is 16.8. The quantitative estimate of drug-likeness (QED) is 0.359. The van der Waals surface area contributed by atoms with Crippen molar-refractivity contribution in [3.05, 3.63) is 64.5 Å². The first-order chi connectivity index (χ1) is 14.5. The van der Waals surface area contributed by atoms with Gasteiger partial charge in [-0.05, 0) is 30.7 Å². The first-order valence-electron chi connectivity index (χ1n) is 9.27. The zero-order chi connectivity index (χ0) is 21.3. The van der Waals surface area contributed by atoms with Crippen LogP contribution in [0.3, 0.4) is 0 Å². The summed E-state index contributed by atoms with van der Waals surface area (Å²) in [5.74, 6) is -2.19. The highest BCUT2D eigenvalue weighted by Crippen LogP contribution is 2.27. The van der Waals surface area contributed by atoms with Crippen LogP contribution >= 0.6 is 11.8 Å². The summed E-state index contributed by atoms with van der Waals surface area (Å²) >= 11 is 1.07. The Balaban J connectivity index is 1.64. The van der Waals surface area contributed by atoms with Crippen LogP contribution in [0.4, 0.5) is 14.5 Å². The summed E-state index contributed by atoms with van der Waals surface area (Å²) in [6.45, 7) is 2.34. The fraction of sp³-hybridized carbons (Fsp3) is 0.190. The van der Waals surface area contributed by atoms with E-state index in [1.165, 1.54) is 4.57 Å². The molecule has 0 saturated carbocycles. The van der Waals surface area contributed by atoms with Gasteiger partial charge in [-0.2, -0.15) is 0 Å². The summed E-state index contributed by atoms with van der Waals surface area (Å²) in [6.07, 6.45) is 0.688. The van der Waals surface area contributed by atoms with Gasteiger partial charge in [-0.15, -0.1) is 0 Å². The SMILES string of the molecule is CCCn1c(SCC(=O)Nc2ccc(F)cc2F)nc2c(oc3ccccc32)c1=O. The molecule has 0 spiro atoms. The number of rotatable bonds is 6. The first kappa shape index (κ1) is 20.1. The third kappa shape index (κ3) is 3.80. The second kappa shape index (κ2) is 8.27. The maximum absolute atomic E-state index is 13.7. The summed E-state index contributed by atoms with van der Waals surface area (Å²) in [5.41, 5.74) is 0.747. The van der Waals surface area contributed by atoms with E-state index in [0.29, 0.717) is 40.7 Å². The number of fused-ring (bicyclic) bond motifs is 3. The van der Waals surface area contributed by atoms with Crippen LogP contribution in [0, 0.1) is 11.6 Å². The molecule has 0 aliphatic heterocycles. The highest BCUT2D eigenvalue weighted by molar-refractivity contribution is 7.99. The smallest absolute Gasteiger partial charge is 0.297 e. The summed E-state index contributed by atoms with van der Waals surface area (Å²) in [6, 6.07) is 10.1. The van der Waals surface area contributed by atoms with Crippen LogP contribution < -0.4 is 10.9 Å². The van der Waals surface area contributed by atoms with Gasteiger partial charge in [-0.25, -0.2) is 13.8 Å². The van der Waals surface area contributed by atoms with Gasteiger partial charge in [0, 0.05) is 18.0 Å². The van der Waals surface area contributed by atoms with E-state index in [4.69, 9.17) is 4.42 Å². The molecule has 4 aromatic rings. The molecule has 30 heavy (non-hydrogen) atoms. The number of nitrogens with one attached hydrogen (secondary N) is 1. The lowest BCUT2D eigenvalue weighted by Gasteiger charge is -2.11. The lowest BCUT2D eigenvalue weighted by atomic mass is 10.2. The van der Waals surface area contributed by atoms with Gasteiger partial charge < -0.3 is 9.73 Å². The lowest BCUT2D eigenvalue weighted by Crippen LogP contribution is -2.24. The molecule has 4 rings (SSSR count). The third-order valence-electron chi connectivity index (χ3n) is 4.43. The van der Waals surface area contributed by atoms with Crippen molar-refractivity contribution < 1.29 is 18.0 Å². The number of anilines is 1. The molecule has 6 nitrogen and oxygen atoms in total. The Hall–Kier alpha value is -3.20. The van der Waals surface area contributed by atoms with Crippen molar-refractivity contribution in [3.8, 4) is 0 Å².